The number of nitrogens with one attached hydrogen (secondary N) is 1. The van der Waals surface area contributed by atoms with E-state index in [1.54, 1.807) is 0 Å². The number of pyridine rings is 1. The zero-order chi connectivity index (χ0) is 19.7. The minimum absolute atomic E-state index is 0.165. The van der Waals surface area contributed by atoms with E-state index in [-0.39, 0.29) is 5.41 Å². The highest BCUT2D eigenvalue weighted by molar-refractivity contribution is 5.91. The third kappa shape index (κ3) is 3.63. The molecule has 0 saturated heterocycles. The fourth-order valence-electron chi connectivity index (χ4n) is 3.31. The summed E-state index contributed by atoms with van der Waals surface area (Å²) >= 11 is 0. The lowest BCUT2D eigenvalue weighted by Crippen LogP contribution is -2.11. The fraction of sp³-hybridized carbons (Fsp3) is 0.250. The lowest BCUT2D eigenvalue weighted by atomic mass is 9.87. The molecule has 2 heterocycles. The molecule has 1 N–H and O–H groups in total. The van der Waals surface area contributed by atoms with Crippen LogP contribution < -0.4 is 5.32 Å². The first-order chi connectivity index (χ1) is 13.4. The van der Waals surface area contributed by atoms with E-state index in [4.69, 9.17) is 4.52 Å². The molecule has 4 nitrogen and oxygen atoms in total. The normalized spacial score (nSPS) is 11.7. The van der Waals surface area contributed by atoms with E-state index in [0.717, 1.165) is 33.6 Å². The molecule has 0 radical (unpaired) electrons. The zero-order valence-corrected chi connectivity index (χ0v) is 16.8. The van der Waals surface area contributed by atoms with Crippen LogP contribution in [0.5, 0.6) is 0 Å². The predicted octanol–water partition coefficient (Wildman–Crippen LogP) is 6.11. The number of fused-ring (bicyclic) bond motifs is 1. The van der Waals surface area contributed by atoms with Gasteiger partial charge in [-0.2, -0.15) is 0 Å². The van der Waals surface area contributed by atoms with Gasteiger partial charge in [0.2, 0.25) is 0 Å². The van der Waals surface area contributed by atoms with E-state index in [1.807, 2.05) is 24.4 Å². The summed E-state index contributed by atoms with van der Waals surface area (Å²) < 4.78 is 5.56. The molecule has 2 aromatic carbocycles. The molecular formula is C24H25N3O. The monoisotopic (exact) mass is 371 g/mol. The van der Waals surface area contributed by atoms with Crippen molar-refractivity contribution in [1.82, 2.24) is 10.1 Å². The van der Waals surface area contributed by atoms with Gasteiger partial charge in [-0.05, 0) is 47.2 Å². The van der Waals surface area contributed by atoms with Crippen molar-refractivity contribution in [3.05, 3.63) is 77.5 Å². The van der Waals surface area contributed by atoms with Crippen molar-refractivity contribution in [3.63, 3.8) is 0 Å². The standard InChI is InChI=1S/C24H25N3O/c1-16-6-5-13-25-22(16)18-9-12-20-21(14-18)28-27-23(20)26-15-17-7-10-19(11-8-17)24(2,3)4/h5-14H,15H2,1-4H3,(H,26,27). The van der Waals surface area contributed by atoms with E-state index in [9.17, 15) is 0 Å². The minimum Gasteiger partial charge on any atom is -0.363 e. The van der Waals surface area contributed by atoms with Crippen molar-refractivity contribution in [3.8, 4) is 11.3 Å². The molecule has 0 fully saturated rings. The second-order valence-electron chi connectivity index (χ2n) is 8.21. The van der Waals surface area contributed by atoms with Crippen LogP contribution in [0, 0.1) is 6.92 Å². The van der Waals surface area contributed by atoms with Crippen LogP contribution in [0.3, 0.4) is 0 Å². The Kier molecular flexibility index (Phi) is 4.63. The number of rotatable bonds is 4. The topological polar surface area (TPSA) is 51.0 Å². The maximum absolute atomic E-state index is 5.56. The van der Waals surface area contributed by atoms with Gasteiger partial charge >= 0.3 is 0 Å². The Morgan fingerprint density at radius 2 is 1.79 bits per heavy atom. The lowest BCUT2D eigenvalue weighted by Gasteiger charge is -2.19. The average Bonchev–Trinajstić information content (AvgIpc) is 3.08. The van der Waals surface area contributed by atoms with Crippen LogP contribution >= 0.6 is 0 Å². The van der Waals surface area contributed by atoms with Crippen LogP contribution in [0.4, 0.5) is 5.82 Å². The molecule has 28 heavy (non-hydrogen) atoms. The van der Waals surface area contributed by atoms with E-state index in [2.05, 4.69) is 79.6 Å². The summed E-state index contributed by atoms with van der Waals surface area (Å²) in [6.45, 7) is 9.44. The smallest absolute Gasteiger partial charge is 0.177 e. The molecule has 0 aliphatic carbocycles. The molecule has 0 unspecified atom stereocenters. The molecule has 0 aliphatic heterocycles. The van der Waals surface area contributed by atoms with Gasteiger partial charge < -0.3 is 9.84 Å². The Hall–Kier alpha value is -3.14. The Morgan fingerprint density at radius 1 is 1.00 bits per heavy atom. The summed E-state index contributed by atoms with van der Waals surface area (Å²) in [5.41, 5.74) is 6.61. The van der Waals surface area contributed by atoms with E-state index in [1.165, 1.54) is 11.1 Å². The van der Waals surface area contributed by atoms with Crippen molar-refractivity contribution in [2.24, 2.45) is 0 Å². The van der Waals surface area contributed by atoms with Crippen molar-refractivity contribution in [2.75, 3.05) is 5.32 Å². The quantitative estimate of drug-likeness (QED) is 0.470. The van der Waals surface area contributed by atoms with Gasteiger partial charge in [-0.15, -0.1) is 0 Å². The van der Waals surface area contributed by atoms with Crippen LogP contribution in [-0.4, -0.2) is 10.1 Å². The Morgan fingerprint density at radius 3 is 2.50 bits per heavy atom. The number of aryl methyl sites for hydroxylation is 1. The highest BCUT2D eigenvalue weighted by Gasteiger charge is 2.14. The first-order valence-corrected chi connectivity index (χ1v) is 9.56. The Labute approximate surface area is 165 Å². The second-order valence-corrected chi connectivity index (χ2v) is 8.21. The van der Waals surface area contributed by atoms with Crippen LogP contribution in [0.15, 0.2) is 65.3 Å². The third-order valence-corrected chi connectivity index (χ3v) is 5.03. The van der Waals surface area contributed by atoms with Crippen LogP contribution in [0.2, 0.25) is 0 Å². The van der Waals surface area contributed by atoms with E-state index < -0.39 is 0 Å². The molecule has 2 aromatic heterocycles. The molecule has 0 saturated carbocycles. The van der Waals surface area contributed by atoms with Gasteiger partial charge in [0.25, 0.3) is 0 Å². The largest absolute Gasteiger partial charge is 0.363 e. The van der Waals surface area contributed by atoms with E-state index in [0.29, 0.717) is 6.54 Å². The maximum atomic E-state index is 5.56. The molecule has 4 aromatic rings. The highest BCUT2D eigenvalue weighted by atomic mass is 16.5. The van der Waals surface area contributed by atoms with Crippen molar-refractivity contribution < 1.29 is 4.52 Å². The van der Waals surface area contributed by atoms with Crippen LogP contribution in [0.1, 0.15) is 37.5 Å². The Balaban J connectivity index is 1.53. The van der Waals surface area contributed by atoms with E-state index >= 15 is 0 Å². The summed E-state index contributed by atoms with van der Waals surface area (Å²) in [6.07, 6.45) is 1.81. The van der Waals surface area contributed by atoms with Gasteiger partial charge in [-0.1, -0.05) is 62.3 Å². The third-order valence-electron chi connectivity index (χ3n) is 5.03. The van der Waals surface area contributed by atoms with Crippen LogP contribution in [0.25, 0.3) is 22.2 Å². The van der Waals surface area contributed by atoms with Gasteiger partial charge in [0.1, 0.15) is 0 Å². The molecule has 142 valence electrons. The molecule has 4 rings (SSSR count). The SMILES string of the molecule is Cc1cccnc1-c1ccc2c(NCc3ccc(C(C)(C)C)cc3)noc2c1. The second kappa shape index (κ2) is 7.12. The fourth-order valence-corrected chi connectivity index (χ4v) is 3.31. The number of aromatic nitrogens is 2. The molecule has 4 heteroatoms. The van der Waals surface area contributed by atoms with Gasteiger partial charge in [-0.3, -0.25) is 4.98 Å². The summed E-state index contributed by atoms with van der Waals surface area (Å²) in [5, 5.41) is 8.59. The number of nitrogens with zero attached hydrogens (tertiary/aromatic N) is 2. The first kappa shape index (κ1) is 18.2. The summed E-state index contributed by atoms with van der Waals surface area (Å²) in [4.78, 5) is 4.48. The van der Waals surface area contributed by atoms with Crippen molar-refractivity contribution in [2.45, 2.75) is 39.7 Å². The average molecular weight is 371 g/mol. The van der Waals surface area contributed by atoms with Crippen LogP contribution in [-0.2, 0) is 12.0 Å². The molecule has 0 bridgehead atoms. The summed E-state index contributed by atoms with van der Waals surface area (Å²) in [6, 6.07) is 18.8. The molecule has 0 amide bonds. The molecule has 0 atom stereocenters. The molecule has 0 spiro atoms. The molecule has 0 aliphatic rings. The van der Waals surface area contributed by atoms with Gasteiger partial charge in [0.05, 0.1) is 11.1 Å². The highest BCUT2D eigenvalue weighted by Crippen LogP contribution is 2.29. The van der Waals surface area contributed by atoms with Crippen molar-refractivity contribution in [1.29, 1.82) is 0 Å². The first-order valence-electron chi connectivity index (χ1n) is 9.56. The number of hydrogen-bond donors (Lipinski definition) is 1. The predicted molar refractivity (Wildman–Crippen MR) is 114 cm³/mol. The Bertz CT molecular complexity index is 1100. The minimum atomic E-state index is 0.165. The maximum Gasteiger partial charge on any atom is 0.177 e. The number of anilines is 1. The van der Waals surface area contributed by atoms with Gasteiger partial charge in [0, 0.05) is 18.3 Å². The van der Waals surface area contributed by atoms with Gasteiger partial charge in [0.15, 0.2) is 11.4 Å². The summed E-state index contributed by atoms with van der Waals surface area (Å²) in [5.74, 6) is 0.763. The van der Waals surface area contributed by atoms with Gasteiger partial charge in [-0.25, -0.2) is 0 Å². The summed E-state index contributed by atoms with van der Waals surface area (Å²) in [7, 11) is 0. The number of benzene rings is 2. The lowest BCUT2D eigenvalue weighted by molar-refractivity contribution is 0.459. The zero-order valence-electron chi connectivity index (χ0n) is 16.8. The molecular weight excluding hydrogens is 346 g/mol. The van der Waals surface area contributed by atoms with Crippen molar-refractivity contribution >= 4 is 16.8 Å². The number of hydrogen-bond acceptors (Lipinski definition) is 4.